The Hall–Kier alpha value is -1.83. The molecule has 2 heteroatoms. The third-order valence-corrected chi connectivity index (χ3v) is 4.37. The Kier molecular flexibility index (Phi) is 10.6. The lowest BCUT2D eigenvalue weighted by Gasteiger charge is -1.96. The number of carboxylic acid groups (broad SMARTS) is 1. The summed E-state index contributed by atoms with van der Waals surface area (Å²) >= 11 is 0. The van der Waals surface area contributed by atoms with Gasteiger partial charge in [-0.15, -0.1) is 0 Å². The number of hydrogen-bond acceptors (Lipinski definition) is 1. The van der Waals surface area contributed by atoms with Crippen molar-refractivity contribution < 1.29 is 9.90 Å². The second-order valence-corrected chi connectivity index (χ2v) is 6.58. The Morgan fingerprint density at radius 1 is 1.12 bits per heavy atom. The topological polar surface area (TPSA) is 37.3 Å². The molecule has 0 aromatic heterocycles. The summed E-state index contributed by atoms with van der Waals surface area (Å²) in [6.45, 7) is 4.42. The summed E-state index contributed by atoms with van der Waals surface area (Å²) in [5, 5.41) is 8.61. The van der Waals surface area contributed by atoms with E-state index >= 15 is 0 Å². The molecule has 132 valence electrons. The van der Waals surface area contributed by atoms with Gasteiger partial charge in [0.25, 0.3) is 0 Å². The minimum absolute atomic E-state index is 0.305. The minimum atomic E-state index is -0.682. The van der Waals surface area contributed by atoms with Gasteiger partial charge in [-0.1, -0.05) is 81.0 Å². The van der Waals surface area contributed by atoms with E-state index in [1.165, 1.54) is 12.8 Å². The van der Waals surface area contributed by atoms with Crippen molar-refractivity contribution in [2.45, 2.75) is 52.4 Å². The molecule has 1 unspecified atom stereocenters. The maximum absolute atomic E-state index is 10.5. The Balaban J connectivity index is 2.06. The number of carbonyl (C=O) groups is 1. The smallest absolute Gasteiger partial charge is 0.303 e. The van der Waals surface area contributed by atoms with Gasteiger partial charge in [0.05, 0.1) is 0 Å². The zero-order valence-electron chi connectivity index (χ0n) is 15.1. The van der Waals surface area contributed by atoms with E-state index in [1.807, 2.05) is 0 Å². The van der Waals surface area contributed by atoms with Gasteiger partial charge in [-0.05, 0) is 43.4 Å². The highest BCUT2D eigenvalue weighted by molar-refractivity contribution is 5.66. The molecule has 0 heterocycles. The van der Waals surface area contributed by atoms with Gasteiger partial charge < -0.3 is 5.11 Å². The number of aliphatic carboxylic acids is 1. The lowest BCUT2D eigenvalue weighted by Crippen LogP contribution is -1.94. The molecule has 1 fully saturated rings. The quantitative estimate of drug-likeness (QED) is 0.440. The van der Waals surface area contributed by atoms with Crippen LogP contribution in [0.5, 0.6) is 0 Å². The summed E-state index contributed by atoms with van der Waals surface area (Å²) in [6.07, 6.45) is 26.8. The zero-order valence-corrected chi connectivity index (χ0v) is 15.1. The Morgan fingerprint density at radius 2 is 1.83 bits per heavy atom. The highest BCUT2D eigenvalue weighted by atomic mass is 16.4. The predicted molar refractivity (Wildman–Crippen MR) is 103 cm³/mol. The lowest BCUT2D eigenvalue weighted by molar-refractivity contribution is -0.137. The first-order valence-electron chi connectivity index (χ1n) is 9.18. The van der Waals surface area contributed by atoms with Crippen LogP contribution in [0.1, 0.15) is 52.4 Å². The van der Waals surface area contributed by atoms with Crippen LogP contribution in [0.3, 0.4) is 0 Å². The molecule has 0 aromatic carbocycles. The second kappa shape index (κ2) is 12.6. The van der Waals surface area contributed by atoms with E-state index in [2.05, 4.69) is 74.6 Å². The summed E-state index contributed by atoms with van der Waals surface area (Å²) in [4.78, 5) is 10.5. The molecule has 0 radical (unpaired) electrons. The highest BCUT2D eigenvalue weighted by Crippen LogP contribution is 2.43. The van der Waals surface area contributed by atoms with Crippen molar-refractivity contribution in [1.29, 1.82) is 0 Å². The lowest BCUT2D eigenvalue weighted by atomic mass is 10.1. The fraction of sp³-hybridized carbons (Fsp3) is 0.500. The van der Waals surface area contributed by atoms with Crippen molar-refractivity contribution in [3.05, 3.63) is 60.8 Å². The molecule has 3 atom stereocenters. The molecule has 0 spiro atoms. The highest BCUT2D eigenvalue weighted by Gasteiger charge is 2.33. The van der Waals surface area contributed by atoms with Crippen LogP contribution >= 0.6 is 0 Å². The molecule has 1 aliphatic carbocycles. The van der Waals surface area contributed by atoms with Gasteiger partial charge >= 0.3 is 5.97 Å². The molecule has 0 saturated heterocycles. The maximum atomic E-state index is 10.5. The molecule has 0 bridgehead atoms. The maximum Gasteiger partial charge on any atom is 0.303 e. The number of carboxylic acids is 1. The average molecular weight is 328 g/mol. The zero-order chi connectivity index (χ0) is 17.6. The summed E-state index contributed by atoms with van der Waals surface area (Å²) in [6, 6.07) is 0. The van der Waals surface area contributed by atoms with Gasteiger partial charge in [0, 0.05) is 6.42 Å². The molecule has 0 amide bonds. The van der Waals surface area contributed by atoms with E-state index in [0.717, 1.165) is 19.3 Å². The molecule has 0 aromatic rings. The van der Waals surface area contributed by atoms with Gasteiger partial charge in [-0.2, -0.15) is 0 Å². The normalized spacial score (nSPS) is 22.6. The van der Waals surface area contributed by atoms with E-state index < -0.39 is 5.97 Å². The number of allylic oxidation sites excluding steroid dienone is 10. The minimum Gasteiger partial charge on any atom is -0.481 e. The molecule has 1 N–H and O–H groups in total. The summed E-state index contributed by atoms with van der Waals surface area (Å²) in [7, 11) is 0. The molecule has 1 rings (SSSR count). The van der Waals surface area contributed by atoms with Crippen molar-refractivity contribution in [2.75, 3.05) is 0 Å². The molecule has 1 aliphatic rings. The fourth-order valence-electron chi connectivity index (χ4n) is 2.47. The second-order valence-electron chi connectivity index (χ2n) is 6.58. The molecular weight excluding hydrogens is 296 g/mol. The molecule has 24 heavy (non-hydrogen) atoms. The predicted octanol–water partition coefficient (Wildman–Crippen LogP) is 6.09. The average Bonchev–Trinajstić information content (AvgIpc) is 3.30. The molecule has 2 nitrogen and oxygen atoms in total. The summed E-state index contributed by atoms with van der Waals surface area (Å²) < 4.78 is 0. The third kappa shape index (κ3) is 10.8. The first-order chi connectivity index (χ1) is 11.6. The van der Waals surface area contributed by atoms with Gasteiger partial charge in [-0.25, -0.2) is 0 Å². The third-order valence-electron chi connectivity index (χ3n) is 4.37. The van der Waals surface area contributed by atoms with Crippen molar-refractivity contribution in [2.24, 2.45) is 17.8 Å². The van der Waals surface area contributed by atoms with Crippen LogP contribution < -0.4 is 0 Å². The standard InChI is InChI=1S/C22H32O2/c1-3-19(2)14-11-9-7-5-4-6-8-10-12-15-20-18-21(20)16-13-17-22(23)24/h4,6-12,14-15,19-21H,3,5,13,16-18H2,1-2H3,(H,23,24)/b6-4-,9-7-,10-8+,14-11+,15-12+/t19?,20-,21-/m1/s1. The van der Waals surface area contributed by atoms with Crippen molar-refractivity contribution in [3.8, 4) is 0 Å². The van der Waals surface area contributed by atoms with Crippen LogP contribution in [0.15, 0.2) is 60.8 Å². The van der Waals surface area contributed by atoms with Gasteiger partial charge in [0.15, 0.2) is 0 Å². The van der Waals surface area contributed by atoms with Crippen molar-refractivity contribution in [1.82, 2.24) is 0 Å². The van der Waals surface area contributed by atoms with E-state index in [9.17, 15) is 4.79 Å². The number of hydrogen-bond donors (Lipinski definition) is 1. The van der Waals surface area contributed by atoms with Crippen LogP contribution in [0.4, 0.5) is 0 Å². The van der Waals surface area contributed by atoms with Crippen molar-refractivity contribution in [3.63, 3.8) is 0 Å². The first kappa shape index (κ1) is 20.2. The Labute approximate surface area is 147 Å². The van der Waals surface area contributed by atoms with Gasteiger partial charge in [0.2, 0.25) is 0 Å². The van der Waals surface area contributed by atoms with Crippen LogP contribution in [0.25, 0.3) is 0 Å². The first-order valence-corrected chi connectivity index (χ1v) is 9.18. The Morgan fingerprint density at radius 3 is 2.54 bits per heavy atom. The van der Waals surface area contributed by atoms with E-state index in [4.69, 9.17) is 5.11 Å². The summed E-state index contributed by atoms with van der Waals surface area (Å²) in [5.74, 6) is 1.34. The van der Waals surface area contributed by atoms with Crippen LogP contribution in [-0.4, -0.2) is 11.1 Å². The fourth-order valence-corrected chi connectivity index (χ4v) is 2.47. The SMILES string of the molecule is CCC(C)/C=C/C=C\C\C=C/C=C/C=C/[C@@H]1C[C@H]1CCCC(=O)O. The van der Waals surface area contributed by atoms with Crippen molar-refractivity contribution >= 4 is 5.97 Å². The van der Waals surface area contributed by atoms with E-state index in [1.54, 1.807) is 0 Å². The van der Waals surface area contributed by atoms with Crippen LogP contribution in [0, 0.1) is 17.8 Å². The van der Waals surface area contributed by atoms with Crippen LogP contribution in [-0.2, 0) is 4.79 Å². The van der Waals surface area contributed by atoms with E-state index in [0.29, 0.717) is 24.2 Å². The molecule has 1 saturated carbocycles. The molecular formula is C22H32O2. The number of rotatable bonds is 12. The van der Waals surface area contributed by atoms with Gasteiger partial charge in [-0.3, -0.25) is 4.79 Å². The monoisotopic (exact) mass is 328 g/mol. The molecule has 0 aliphatic heterocycles. The van der Waals surface area contributed by atoms with Crippen LogP contribution in [0.2, 0.25) is 0 Å². The summed E-state index contributed by atoms with van der Waals surface area (Å²) in [5.41, 5.74) is 0. The van der Waals surface area contributed by atoms with Gasteiger partial charge in [0.1, 0.15) is 0 Å². The Bertz CT molecular complexity index is 494. The largest absolute Gasteiger partial charge is 0.481 e. The van der Waals surface area contributed by atoms with E-state index in [-0.39, 0.29) is 0 Å².